The fourth-order valence-electron chi connectivity index (χ4n) is 4.67. The first-order valence-electron chi connectivity index (χ1n) is 9.46. The molecule has 7 heteroatoms. The molecule has 0 aromatic heterocycles. The van der Waals surface area contributed by atoms with Crippen molar-refractivity contribution in [1.29, 1.82) is 0 Å². The minimum atomic E-state index is -1.08. The lowest BCUT2D eigenvalue weighted by atomic mass is 9.73. The smallest absolute Gasteiger partial charge is 0.315 e. The van der Waals surface area contributed by atoms with Gasteiger partial charge >= 0.3 is 5.97 Å². The molecule has 0 aliphatic carbocycles. The Hall–Kier alpha value is -2.28. The molecule has 2 saturated heterocycles. The Morgan fingerprint density at radius 3 is 2.70 bits per heavy atom. The number of rotatable bonds is 3. The molecule has 1 aromatic rings. The summed E-state index contributed by atoms with van der Waals surface area (Å²) in [4.78, 5) is 29.3. The van der Waals surface area contributed by atoms with Crippen LogP contribution in [0.3, 0.4) is 0 Å². The molecule has 146 valence electrons. The van der Waals surface area contributed by atoms with Crippen molar-refractivity contribution in [2.45, 2.75) is 18.8 Å². The van der Waals surface area contributed by atoms with Crippen LogP contribution in [-0.2, 0) is 9.59 Å². The number of aliphatic carboxylic acids is 1. The van der Waals surface area contributed by atoms with Crippen molar-refractivity contribution < 1.29 is 24.2 Å². The van der Waals surface area contributed by atoms with Gasteiger partial charge in [-0.1, -0.05) is 6.07 Å². The van der Waals surface area contributed by atoms with Crippen LogP contribution < -0.4 is 9.47 Å². The van der Waals surface area contributed by atoms with Crippen molar-refractivity contribution in [3.63, 3.8) is 0 Å². The first-order chi connectivity index (χ1) is 12.9. The summed E-state index contributed by atoms with van der Waals surface area (Å²) in [6.07, 6.45) is 1.67. The van der Waals surface area contributed by atoms with Gasteiger partial charge in [-0.2, -0.15) is 0 Å². The highest BCUT2D eigenvalue weighted by molar-refractivity contribution is 5.84. The Bertz CT molecular complexity index is 759. The molecule has 7 nitrogen and oxygen atoms in total. The third-order valence-electron chi connectivity index (χ3n) is 6.43. The summed E-state index contributed by atoms with van der Waals surface area (Å²) in [7, 11) is 3.65. The Morgan fingerprint density at radius 1 is 1.30 bits per heavy atom. The minimum Gasteiger partial charge on any atom is -0.497 e. The highest BCUT2D eigenvalue weighted by Gasteiger charge is 2.58. The molecular formula is C20H26N2O5. The maximum absolute atomic E-state index is 13.1. The van der Waals surface area contributed by atoms with E-state index in [-0.39, 0.29) is 30.9 Å². The van der Waals surface area contributed by atoms with Crippen LogP contribution in [0.4, 0.5) is 0 Å². The highest BCUT2D eigenvalue weighted by atomic mass is 16.5. The van der Waals surface area contributed by atoms with Crippen molar-refractivity contribution >= 4 is 11.9 Å². The Morgan fingerprint density at radius 2 is 2.04 bits per heavy atom. The molecule has 2 atom stereocenters. The van der Waals surface area contributed by atoms with E-state index in [2.05, 4.69) is 11.9 Å². The molecule has 0 radical (unpaired) electrons. The molecule has 4 rings (SSSR count). The van der Waals surface area contributed by atoms with Gasteiger partial charge in [0.2, 0.25) is 5.91 Å². The fourth-order valence-corrected chi connectivity index (χ4v) is 4.67. The Labute approximate surface area is 158 Å². The van der Waals surface area contributed by atoms with Gasteiger partial charge in [-0.3, -0.25) is 9.59 Å². The fraction of sp³-hybridized carbons (Fsp3) is 0.600. The van der Waals surface area contributed by atoms with Gasteiger partial charge in [0.25, 0.3) is 0 Å². The van der Waals surface area contributed by atoms with Crippen LogP contribution in [-0.4, -0.2) is 73.7 Å². The number of nitrogens with zero attached hydrogens (tertiary/aromatic N) is 2. The summed E-state index contributed by atoms with van der Waals surface area (Å²) < 4.78 is 11.1. The molecule has 0 bridgehead atoms. The molecule has 3 heterocycles. The number of fused-ring (bicyclic) bond motifs is 3. The second-order valence-corrected chi connectivity index (χ2v) is 8.00. The van der Waals surface area contributed by atoms with Gasteiger partial charge in [0, 0.05) is 36.6 Å². The molecular weight excluding hydrogens is 348 g/mol. The van der Waals surface area contributed by atoms with Crippen molar-refractivity contribution in [3.8, 4) is 11.5 Å². The Balaban J connectivity index is 1.61. The summed E-state index contributed by atoms with van der Waals surface area (Å²) >= 11 is 0. The van der Waals surface area contributed by atoms with Crippen LogP contribution in [0, 0.1) is 11.3 Å². The largest absolute Gasteiger partial charge is 0.497 e. The van der Waals surface area contributed by atoms with Crippen LogP contribution in [0.1, 0.15) is 24.3 Å². The first-order valence-corrected chi connectivity index (χ1v) is 9.46. The van der Waals surface area contributed by atoms with Crippen LogP contribution in [0.25, 0.3) is 0 Å². The second kappa shape index (κ2) is 6.71. The number of carbonyl (C=O) groups is 2. The zero-order valence-electron chi connectivity index (χ0n) is 15.8. The number of hydrogen-bond acceptors (Lipinski definition) is 5. The topological polar surface area (TPSA) is 79.3 Å². The maximum atomic E-state index is 13.1. The van der Waals surface area contributed by atoms with E-state index in [1.54, 1.807) is 18.1 Å². The summed E-state index contributed by atoms with van der Waals surface area (Å²) in [5.74, 6) is 0.253. The number of ether oxygens (including phenoxy) is 2. The first kappa shape index (κ1) is 18.1. The van der Waals surface area contributed by atoms with E-state index in [1.165, 1.54) is 0 Å². The number of amides is 1. The van der Waals surface area contributed by atoms with E-state index in [0.29, 0.717) is 18.0 Å². The average Bonchev–Trinajstić information content (AvgIpc) is 3.09. The van der Waals surface area contributed by atoms with E-state index < -0.39 is 11.4 Å². The van der Waals surface area contributed by atoms with Crippen LogP contribution in [0.15, 0.2) is 18.2 Å². The molecule has 1 N–H and O–H groups in total. The van der Waals surface area contributed by atoms with E-state index in [9.17, 15) is 14.7 Å². The van der Waals surface area contributed by atoms with Gasteiger partial charge in [0.05, 0.1) is 7.11 Å². The molecule has 3 aliphatic heterocycles. The number of carboxylic acids is 1. The van der Waals surface area contributed by atoms with Crippen LogP contribution in [0.2, 0.25) is 0 Å². The zero-order chi connectivity index (χ0) is 19.2. The number of methoxy groups -OCH3 is 1. The standard InChI is InChI=1S/C20H26N2O5/c1-21-7-5-13(6-8-21)18(23)22-10-16-15-4-3-14(26-2)9-17(15)27-12-20(16,11-22)19(24)25/h3-4,9,13,16H,5-8,10-12H2,1-2H3,(H,24,25). The van der Waals surface area contributed by atoms with Gasteiger partial charge in [-0.25, -0.2) is 0 Å². The van der Waals surface area contributed by atoms with E-state index in [4.69, 9.17) is 9.47 Å². The summed E-state index contributed by atoms with van der Waals surface area (Å²) in [6, 6.07) is 5.49. The summed E-state index contributed by atoms with van der Waals surface area (Å²) in [5.41, 5.74) is -0.231. The molecule has 0 saturated carbocycles. The van der Waals surface area contributed by atoms with E-state index >= 15 is 0 Å². The lowest BCUT2D eigenvalue weighted by Crippen LogP contribution is -2.47. The Kier molecular flexibility index (Phi) is 4.50. The predicted octanol–water partition coefficient (Wildman–Crippen LogP) is 1.43. The quantitative estimate of drug-likeness (QED) is 0.862. The number of hydrogen-bond donors (Lipinski definition) is 1. The summed E-state index contributed by atoms with van der Waals surface area (Å²) in [5, 5.41) is 10.0. The lowest BCUT2D eigenvalue weighted by molar-refractivity contribution is -0.152. The molecule has 0 spiro atoms. The number of piperidine rings is 1. The van der Waals surface area contributed by atoms with Crippen molar-refractivity contribution in [1.82, 2.24) is 9.80 Å². The minimum absolute atomic E-state index is 0.0107. The van der Waals surface area contributed by atoms with Crippen molar-refractivity contribution in [2.75, 3.05) is 46.9 Å². The van der Waals surface area contributed by atoms with Gasteiger partial charge < -0.3 is 24.4 Å². The zero-order valence-corrected chi connectivity index (χ0v) is 15.8. The van der Waals surface area contributed by atoms with Gasteiger partial charge in [0.1, 0.15) is 23.5 Å². The maximum Gasteiger partial charge on any atom is 0.315 e. The average molecular weight is 374 g/mol. The number of benzene rings is 1. The number of carboxylic acid groups (broad SMARTS) is 1. The van der Waals surface area contributed by atoms with Crippen molar-refractivity contribution in [3.05, 3.63) is 23.8 Å². The normalized spacial score (nSPS) is 28.2. The number of likely N-dealkylation sites (tertiary alicyclic amines) is 2. The molecule has 27 heavy (non-hydrogen) atoms. The van der Waals surface area contributed by atoms with Gasteiger partial charge in [-0.05, 0) is 39.0 Å². The predicted molar refractivity (Wildman–Crippen MR) is 98.1 cm³/mol. The third-order valence-corrected chi connectivity index (χ3v) is 6.43. The monoisotopic (exact) mass is 374 g/mol. The molecule has 1 aromatic carbocycles. The van der Waals surface area contributed by atoms with Crippen molar-refractivity contribution in [2.24, 2.45) is 11.3 Å². The second-order valence-electron chi connectivity index (χ2n) is 8.00. The third kappa shape index (κ3) is 2.94. The number of carbonyl (C=O) groups excluding carboxylic acids is 1. The highest BCUT2D eigenvalue weighted by Crippen LogP contribution is 2.50. The van der Waals surface area contributed by atoms with Crippen LogP contribution in [0.5, 0.6) is 11.5 Å². The SMILES string of the molecule is COc1ccc2c(c1)OCC1(C(=O)O)CN(C(=O)C3CCN(C)CC3)CC21. The molecule has 3 aliphatic rings. The van der Waals surface area contributed by atoms with Gasteiger partial charge in [0.15, 0.2) is 0 Å². The van der Waals surface area contributed by atoms with E-state index in [1.807, 2.05) is 12.1 Å². The van der Waals surface area contributed by atoms with Crippen LogP contribution >= 0.6 is 0 Å². The van der Waals surface area contributed by atoms with E-state index in [0.717, 1.165) is 31.5 Å². The lowest BCUT2D eigenvalue weighted by Gasteiger charge is -2.35. The summed E-state index contributed by atoms with van der Waals surface area (Å²) in [6.45, 7) is 2.53. The molecule has 2 fully saturated rings. The molecule has 2 unspecified atom stereocenters. The molecule has 1 amide bonds. The van der Waals surface area contributed by atoms with Gasteiger partial charge in [-0.15, -0.1) is 0 Å².